The van der Waals surface area contributed by atoms with Crippen molar-refractivity contribution in [3.05, 3.63) is 54.2 Å². The summed E-state index contributed by atoms with van der Waals surface area (Å²) >= 11 is 0. The lowest BCUT2D eigenvalue weighted by atomic mass is 9.93. The predicted octanol–water partition coefficient (Wildman–Crippen LogP) is 2.30. The van der Waals surface area contributed by atoms with Crippen LogP contribution in [0.4, 0.5) is 4.39 Å². The zero-order valence-electron chi connectivity index (χ0n) is 12.9. The number of carbonyl (C=O) groups excluding carboxylic acids is 1. The van der Waals surface area contributed by atoms with Crippen LogP contribution in [0.5, 0.6) is 0 Å². The van der Waals surface area contributed by atoms with Gasteiger partial charge >= 0.3 is 0 Å². The van der Waals surface area contributed by atoms with E-state index in [1.54, 1.807) is 37.1 Å². The fourth-order valence-electron chi connectivity index (χ4n) is 2.90. The van der Waals surface area contributed by atoms with Gasteiger partial charge in [0, 0.05) is 37.6 Å². The van der Waals surface area contributed by atoms with E-state index in [-0.39, 0.29) is 13.0 Å². The largest absolute Gasteiger partial charge is 0.472 e. The third kappa shape index (κ3) is 3.96. The molecule has 0 aliphatic carbocycles. The fourth-order valence-corrected chi connectivity index (χ4v) is 2.90. The Kier molecular flexibility index (Phi) is 4.71. The summed E-state index contributed by atoms with van der Waals surface area (Å²) in [5.41, 5.74) is 0.0594. The first-order valence-corrected chi connectivity index (χ1v) is 7.75. The summed E-state index contributed by atoms with van der Waals surface area (Å²) in [4.78, 5) is 18.2. The lowest BCUT2D eigenvalue weighted by Gasteiger charge is -2.36. The van der Waals surface area contributed by atoms with Crippen LogP contribution >= 0.6 is 0 Å². The summed E-state index contributed by atoms with van der Waals surface area (Å²) in [6, 6.07) is 5.46. The molecular formula is C17H20FN3O2. The van der Waals surface area contributed by atoms with Crippen molar-refractivity contribution in [3.8, 4) is 0 Å². The molecule has 2 aromatic rings. The van der Waals surface area contributed by atoms with Crippen LogP contribution in [0.3, 0.4) is 0 Å². The first-order valence-electron chi connectivity index (χ1n) is 7.75. The summed E-state index contributed by atoms with van der Waals surface area (Å²) in [7, 11) is 0. The quantitative estimate of drug-likeness (QED) is 0.919. The minimum absolute atomic E-state index is 0.111. The van der Waals surface area contributed by atoms with E-state index < -0.39 is 11.6 Å². The van der Waals surface area contributed by atoms with Gasteiger partial charge in [-0.15, -0.1) is 0 Å². The van der Waals surface area contributed by atoms with E-state index >= 15 is 4.39 Å². The van der Waals surface area contributed by atoms with E-state index in [0.29, 0.717) is 19.5 Å². The molecule has 23 heavy (non-hydrogen) atoms. The number of nitrogens with zero attached hydrogens (tertiary/aromatic N) is 2. The SMILES string of the molecule is O=C(NCc1ccncc1)C1(F)CCCN(Cc2ccoc2)C1. The van der Waals surface area contributed by atoms with E-state index in [4.69, 9.17) is 4.42 Å². The van der Waals surface area contributed by atoms with Gasteiger partial charge in [-0.3, -0.25) is 14.7 Å². The standard InChI is InChI=1S/C17H20FN3O2/c18-17(16(22)20-10-14-2-6-19-7-3-14)5-1-8-21(13-17)11-15-4-9-23-12-15/h2-4,6-7,9,12H,1,5,8,10-11,13H2,(H,20,22). The Labute approximate surface area is 134 Å². The zero-order chi connectivity index (χ0) is 16.1. The first kappa shape index (κ1) is 15.7. The van der Waals surface area contributed by atoms with Crippen molar-refractivity contribution in [1.29, 1.82) is 0 Å². The third-order valence-corrected chi connectivity index (χ3v) is 4.12. The number of hydrogen-bond donors (Lipinski definition) is 1. The minimum atomic E-state index is -1.84. The molecule has 0 spiro atoms. The van der Waals surface area contributed by atoms with Crippen LogP contribution in [0.2, 0.25) is 0 Å². The maximum absolute atomic E-state index is 15.1. The summed E-state index contributed by atoms with van der Waals surface area (Å²) in [5.74, 6) is -0.536. The van der Waals surface area contributed by atoms with Crippen molar-refractivity contribution in [2.75, 3.05) is 13.1 Å². The molecule has 122 valence electrons. The van der Waals surface area contributed by atoms with Crippen LogP contribution in [0.25, 0.3) is 0 Å². The Morgan fingerprint density at radius 2 is 2.17 bits per heavy atom. The number of hydrogen-bond acceptors (Lipinski definition) is 4. The zero-order valence-corrected chi connectivity index (χ0v) is 12.9. The highest BCUT2D eigenvalue weighted by molar-refractivity contribution is 5.85. The molecule has 0 saturated carbocycles. The first-order chi connectivity index (χ1) is 11.2. The number of piperidine rings is 1. The average molecular weight is 317 g/mol. The Hall–Kier alpha value is -2.21. The van der Waals surface area contributed by atoms with Gasteiger partial charge in [0.05, 0.1) is 12.5 Å². The Bertz CT molecular complexity index is 633. The molecule has 1 amide bonds. The molecule has 1 aliphatic heterocycles. The lowest BCUT2D eigenvalue weighted by Crippen LogP contribution is -2.53. The molecular weight excluding hydrogens is 297 g/mol. The highest BCUT2D eigenvalue weighted by atomic mass is 19.1. The number of pyridine rings is 1. The molecule has 5 nitrogen and oxygen atoms in total. The van der Waals surface area contributed by atoms with Crippen molar-refractivity contribution in [2.24, 2.45) is 0 Å². The predicted molar refractivity (Wildman–Crippen MR) is 83.1 cm³/mol. The number of likely N-dealkylation sites (tertiary alicyclic amines) is 1. The highest BCUT2D eigenvalue weighted by Crippen LogP contribution is 2.27. The van der Waals surface area contributed by atoms with Crippen LogP contribution in [0.1, 0.15) is 24.0 Å². The van der Waals surface area contributed by atoms with Crippen LogP contribution in [0.15, 0.2) is 47.5 Å². The van der Waals surface area contributed by atoms with Crippen molar-refractivity contribution in [1.82, 2.24) is 15.2 Å². The van der Waals surface area contributed by atoms with Crippen molar-refractivity contribution < 1.29 is 13.6 Å². The summed E-state index contributed by atoms with van der Waals surface area (Å²) in [5, 5.41) is 2.70. The molecule has 1 fully saturated rings. The second kappa shape index (κ2) is 6.91. The Morgan fingerprint density at radius 3 is 2.91 bits per heavy atom. The van der Waals surface area contributed by atoms with Gasteiger partial charge in [0.15, 0.2) is 0 Å². The molecule has 1 atom stereocenters. The topological polar surface area (TPSA) is 58.4 Å². The molecule has 2 aromatic heterocycles. The van der Waals surface area contributed by atoms with E-state index in [0.717, 1.165) is 17.7 Å². The smallest absolute Gasteiger partial charge is 0.259 e. The van der Waals surface area contributed by atoms with Gasteiger partial charge in [-0.1, -0.05) is 0 Å². The molecule has 3 heterocycles. The second-order valence-electron chi connectivity index (χ2n) is 5.95. The number of amides is 1. The van der Waals surface area contributed by atoms with Gasteiger partial charge < -0.3 is 9.73 Å². The van der Waals surface area contributed by atoms with Gasteiger partial charge in [-0.2, -0.15) is 0 Å². The van der Waals surface area contributed by atoms with Gasteiger partial charge in [0.2, 0.25) is 5.67 Å². The molecule has 1 aliphatic rings. The van der Waals surface area contributed by atoms with Gasteiger partial charge in [-0.05, 0) is 43.1 Å². The number of rotatable bonds is 5. The van der Waals surface area contributed by atoms with Crippen LogP contribution in [0, 0.1) is 0 Å². The van der Waals surface area contributed by atoms with Gasteiger partial charge in [-0.25, -0.2) is 4.39 Å². The molecule has 3 rings (SSSR count). The molecule has 0 radical (unpaired) electrons. The monoisotopic (exact) mass is 317 g/mol. The number of furan rings is 1. The summed E-state index contributed by atoms with van der Waals surface area (Å²) in [6.07, 6.45) is 7.48. The molecule has 0 bridgehead atoms. The Balaban J connectivity index is 1.57. The summed E-state index contributed by atoms with van der Waals surface area (Å²) in [6.45, 7) is 1.81. The maximum atomic E-state index is 15.1. The molecule has 1 unspecified atom stereocenters. The molecule has 1 N–H and O–H groups in total. The van der Waals surface area contributed by atoms with Crippen molar-refractivity contribution in [2.45, 2.75) is 31.6 Å². The van der Waals surface area contributed by atoms with Crippen molar-refractivity contribution in [3.63, 3.8) is 0 Å². The minimum Gasteiger partial charge on any atom is -0.472 e. The normalized spacial score (nSPS) is 22.0. The highest BCUT2D eigenvalue weighted by Gasteiger charge is 2.42. The number of nitrogens with one attached hydrogen (secondary N) is 1. The maximum Gasteiger partial charge on any atom is 0.259 e. The Morgan fingerprint density at radius 1 is 1.35 bits per heavy atom. The van der Waals surface area contributed by atoms with Gasteiger partial charge in [0.25, 0.3) is 5.91 Å². The van der Waals surface area contributed by atoms with Gasteiger partial charge in [0.1, 0.15) is 0 Å². The second-order valence-corrected chi connectivity index (χ2v) is 5.95. The number of alkyl halides is 1. The van der Waals surface area contributed by atoms with Crippen LogP contribution < -0.4 is 5.32 Å². The van der Waals surface area contributed by atoms with Crippen LogP contribution in [-0.4, -0.2) is 34.5 Å². The average Bonchev–Trinajstić information content (AvgIpc) is 3.06. The molecule has 6 heteroatoms. The lowest BCUT2D eigenvalue weighted by molar-refractivity contribution is -0.137. The summed E-state index contributed by atoms with van der Waals surface area (Å²) < 4.78 is 20.1. The molecule has 1 saturated heterocycles. The van der Waals surface area contributed by atoms with E-state index in [9.17, 15) is 4.79 Å². The van der Waals surface area contributed by atoms with E-state index in [1.807, 2.05) is 11.0 Å². The van der Waals surface area contributed by atoms with Crippen molar-refractivity contribution >= 4 is 5.91 Å². The number of carbonyl (C=O) groups is 1. The number of aromatic nitrogens is 1. The third-order valence-electron chi connectivity index (χ3n) is 4.12. The number of halogens is 1. The van der Waals surface area contributed by atoms with E-state index in [1.165, 1.54) is 0 Å². The van der Waals surface area contributed by atoms with Crippen LogP contribution in [-0.2, 0) is 17.9 Å². The van der Waals surface area contributed by atoms with E-state index in [2.05, 4.69) is 10.3 Å². The molecule has 0 aromatic carbocycles. The fraction of sp³-hybridized carbons (Fsp3) is 0.412.